The highest BCUT2D eigenvalue weighted by Crippen LogP contribution is 2.19. The molecule has 0 saturated carbocycles. The highest BCUT2D eigenvalue weighted by atomic mass is 35.5. The molecule has 0 aliphatic carbocycles. The maximum absolute atomic E-state index is 12.1. The van der Waals surface area contributed by atoms with E-state index < -0.39 is 0 Å². The minimum atomic E-state index is -0.257. The van der Waals surface area contributed by atoms with Crippen LogP contribution in [0.15, 0.2) is 66.7 Å². The van der Waals surface area contributed by atoms with Crippen LogP contribution in [-0.2, 0) is 22.4 Å². The van der Waals surface area contributed by atoms with Crippen molar-refractivity contribution in [1.82, 2.24) is 10.9 Å². The SMILES string of the molecule is O=C(CCc1ccccc1Cl)NNC(=O)Cc1cccc2ccccc12. The molecule has 0 bridgehead atoms. The molecule has 132 valence electrons. The first-order valence-electron chi connectivity index (χ1n) is 8.41. The van der Waals surface area contributed by atoms with Gasteiger partial charge in [0.25, 0.3) is 0 Å². The molecule has 3 aromatic rings. The van der Waals surface area contributed by atoms with Gasteiger partial charge in [-0.1, -0.05) is 72.3 Å². The Labute approximate surface area is 157 Å². The second-order valence-electron chi connectivity index (χ2n) is 6.00. The largest absolute Gasteiger partial charge is 0.273 e. The van der Waals surface area contributed by atoms with Crippen LogP contribution in [0.4, 0.5) is 0 Å². The van der Waals surface area contributed by atoms with Gasteiger partial charge < -0.3 is 0 Å². The van der Waals surface area contributed by atoms with Gasteiger partial charge >= 0.3 is 0 Å². The number of hydrogen-bond donors (Lipinski definition) is 2. The van der Waals surface area contributed by atoms with E-state index >= 15 is 0 Å². The number of nitrogens with one attached hydrogen (secondary N) is 2. The van der Waals surface area contributed by atoms with Crippen LogP contribution in [0.3, 0.4) is 0 Å². The summed E-state index contributed by atoms with van der Waals surface area (Å²) in [6, 6.07) is 21.2. The molecular weight excluding hydrogens is 348 g/mol. The number of halogens is 1. The molecule has 0 heterocycles. The summed E-state index contributed by atoms with van der Waals surface area (Å²) in [5.41, 5.74) is 6.76. The van der Waals surface area contributed by atoms with Gasteiger partial charge in [0.1, 0.15) is 0 Å². The average molecular weight is 367 g/mol. The van der Waals surface area contributed by atoms with Gasteiger partial charge in [0.05, 0.1) is 6.42 Å². The van der Waals surface area contributed by atoms with Gasteiger partial charge in [-0.15, -0.1) is 0 Å². The predicted octanol–water partition coefficient (Wildman–Crippen LogP) is 3.82. The van der Waals surface area contributed by atoms with E-state index in [0.717, 1.165) is 21.9 Å². The molecule has 0 aliphatic heterocycles. The molecule has 0 spiro atoms. The van der Waals surface area contributed by atoms with Crippen molar-refractivity contribution in [3.8, 4) is 0 Å². The Bertz CT molecular complexity index is 935. The van der Waals surface area contributed by atoms with Crippen LogP contribution >= 0.6 is 11.6 Å². The molecule has 3 aromatic carbocycles. The monoisotopic (exact) mass is 366 g/mol. The Morgan fingerprint density at radius 2 is 1.42 bits per heavy atom. The minimum Gasteiger partial charge on any atom is -0.273 e. The van der Waals surface area contributed by atoms with Crippen LogP contribution < -0.4 is 10.9 Å². The fraction of sp³-hybridized carbons (Fsp3) is 0.143. The number of aryl methyl sites for hydroxylation is 1. The zero-order chi connectivity index (χ0) is 18.4. The minimum absolute atomic E-state index is 0.201. The molecule has 0 fully saturated rings. The maximum Gasteiger partial charge on any atom is 0.242 e. The van der Waals surface area contributed by atoms with Crippen LogP contribution in [0.25, 0.3) is 10.8 Å². The first-order chi connectivity index (χ1) is 12.6. The van der Waals surface area contributed by atoms with Gasteiger partial charge in [0, 0.05) is 11.4 Å². The van der Waals surface area contributed by atoms with E-state index in [1.807, 2.05) is 60.7 Å². The first-order valence-corrected chi connectivity index (χ1v) is 8.79. The maximum atomic E-state index is 12.1. The number of benzene rings is 3. The van der Waals surface area contributed by atoms with Gasteiger partial charge in [-0.05, 0) is 34.4 Å². The lowest BCUT2D eigenvalue weighted by molar-refractivity contribution is -0.128. The second kappa shape index (κ2) is 8.50. The van der Waals surface area contributed by atoms with Crippen LogP contribution in [0, 0.1) is 0 Å². The van der Waals surface area contributed by atoms with Crippen LogP contribution in [0.5, 0.6) is 0 Å². The molecule has 0 saturated heterocycles. The van der Waals surface area contributed by atoms with Crippen molar-refractivity contribution in [2.24, 2.45) is 0 Å². The fourth-order valence-corrected chi connectivity index (χ4v) is 3.05. The van der Waals surface area contributed by atoms with Crippen molar-refractivity contribution in [1.29, 1.82) is 0 Å². The summed E-state index contributed by atoms with van der Waals surface area (Å²) >= 11 is 6.07. The molecule has 0 aromatic heterocycles. The lowest BCUT2D eigenvalue weighted by Gasteiger charge is -2.09. The molecule has 5 heteroatoms. The van der Waals surface area contributed by atoms with E-state index in [4.69, 9.17) is 11.6 Å². The summed E-state index contributed by atoms with van der Waals surface area (Å²) in [4.78, 5) is 24.1. The Morgan fingerprint density at radius 3 is 2.27 bits per heavy atom. The van der Waals surface area contributed by atoms with E-state index in [-0.39, 0.29) is 24.7 Å². The number of hydrazine groups is 1. The predicted molar refractivity (Wildman–Crippen MR) is 104 cm³/mol. The van der Waals surface area contributed by atoms with Gasteiger partial charge in [-0.25, -0.2) is 0 Å². The molecule has 4 nitrogen and oxygen atoms in total. The molecule has 2 N–H and O–H groups in total. The quantitative estimate of drug-likeness (QED) is 0.674. The van der Waals surface area contributed by atoms with Crippen molar-refractivity contribution >= 4 is 34.2 Å². The van der Waals surface area contributed by atoms with E-state index in [1.54, 1.807) is 6.07 Å². The van der Waals surface area contributed by atoms with Crippen LogP contribution in [-0.4, -0.2) is 11.8 Å². The number of hydrogen-bond acceptors (Lipinski definition) is 2. The Kier molecular flexibility index (Phi) is 5.87. The summed E-state index contributed by atoms with van der Waals surface area (Å²) in [5.74, 6) is -0.511. The number of carbonyl (C=O) groups excluding carboxylic acids is 2. The molecule has 0 unspecified atom stereocenters. The first kappa shape index (κ1) is 18.0. The van der Waals surface area contributed by atoms with Gasteiger partial charge in [0.2, 0.25) is 11.8 Å². The summed E-state index contributed by atoms with van der Waals surface area (Å²) in [6.45, 7) is 0. The third kappa shape index (κ3) is 4.61. The van der Waals surface area contributed by atoms with Crippen molar-refractivity contribution in [3.63, 3.8) is 0 Å². The van der Waals surface area contributed by atoms with E-state index in [2.05, 4.69) is 10.9 Å². The molecule has 0 atom stereocenters. The van der Waals surface area contributed by atoms with Crippen molar-refractivity contribution in [2.45, 2.75) is 19.3 Å². The normalized spacial score (nSPS) is 10.5. The molecule has 3 rings (SSSR count). The fourth-order valence-electron chi connectivity index (χ4n) is 2.82. The van der Waals surface area contributed by atoms with Crippen LogP contribution in [0.1, 0.15) is 17.5 Å². The third-order valence-corrected chi connectivity index (χ3v) is 4.52. The zero-order valence-electron chi connectivity index (χ0n) is 14.2. The summed E-state index contributed by atoms with van der Waals surface area (Å²) in [7, 11) is 0. The molecule has 26 heavy (non-hydrogen) atoms. The smallest absolute Gasteiger partial charge is 0.242 e. The topological polar surface area (TPSA) is 58.2 Å². The average Bonchev–Trinajstić information content (AvgIpc) is 2.66. The zero-order valence-corrected chi connectivity index (χ0v) is 14.9. The highest BCUT2D eigenvalue weighted by Gasteiger charge is 2.09. The molecule has 2 amide bonds. The number of fused-ring (bicyclic) bond motifs is 1. The van der Waals surface area contributed by atoms with E-state index in [9.17, 15) is 9.59 Å². The third-order valence-electron chi connectivity index (χ3n) is 4.15. The molecular formula is C21H19ClN2O2. The Hall–Kier alpha value is -2.85. The standard InChI is InChI=1S/C21H19ClN2O2/c22-19-11-4-2-7-16(19)12-13-20(25)23-24-21(26)14-17-9-5-8-15-6-1-3-10-18(15)17/h1-11H,12-14H2,(H,23,25)(H,24,26). The van der Waals surface area contributed by atoms with Crippen molar-refractivity contribution in [3.05, 3.63) is 82.9 Å². The highest BCUT2D eigenvalue weighted by molar-refractivity contribution is 6.31. The Morgan fingerprint density at radius 1 is 0.769 bits per heavy atom. The summed E-state index contributed by atoms with van der Waals surface area (Å²) in [6.07, 6.45) is 0.967. The van der Waals surface area contributed by atoms with E-state index in [0.29, 0.717) is 11.4 Å². The van der Waals surface area contributed by atoms with E-state index in [1.165, 1.54) is 0 Å². The van der Waals surface area contributed by atoms with Crippen molar-refractivity contribution in [2.75, 3.05) is 0 Å². The number of amides is 2. The van der Waals surface area contributed by atoms with Gasteiger partial charge in [-0.3, -0.25) is 20.4 Å². The molecule has 0 radical (unpaired) electrons. The summed E-state index contributed by atoms with van der Waals surface area (Å²) < 4.78 is 0. The number of rotatable bonds is 5. The number of carbonyl (C=O) groups is 2. The van der Waals surface area contributed by atoms with Crippen LogP contribution in [0.2, 0.25) is 5.02 Å². The molecule has 0 aliphatic rings. The van der Waals surface area contributed by atoms with Crippen molar-refractivity contribution < 1.29 is 9.59 Å². The Balaban J connectivity index is 1.50. The van der Waals surface area contributed by atoms with Gasteiger partial charge in [-0.2, -0.15) is 0 Å². The summed E-state index contributed by atoms with van der Waals surface area (Å²) in [5, 5.41) is 2.76. The van der Waals surface area contributed by atoms with Gasteiger partial charge in [0.15, 0.2) is 0 Å². The lowest BCUT2D eigenvalue weighted by Crippen LogP contribution is -2.42. The second-order valence-corrected chi connectivity index (χ2v) is 6.41. The lowest BCUT2D eigenvalue weighted by atomic mass is 10.0.